The maximum absolute atomic E-state index is 8.18. The number of nitrogens with zero attached hydrogens (tertiary/aromatic N) is 2. The van der Waals surface area contributed by atoms with Crippen molar-refractivity contribution in [3.8, 4) is 0 Å². The Morgan fingerprint density at radius 3 is 1.56 bits per heavy atom. The van der Waals surface area contributed by atoms with E-state index in [0.717, 1.165) is 22.5 Å². The summed E-state index contributed by atoms with van der Waals surface area (Å²) >= 11 is 0. The Balaban J connectivity index is 2.38. The van der Waals surface area contributed by atoms with Crippen molar-refractivity contribution in [2.24, 2.45) is 14.1 Å². The molecule has 0 aliphatic heterocycles. The summed E-state index contributed by atoms with van der Waals surface area (Å²) in [5.41, 5.74) is 4.39. The van der Waals surface area contributed by atoms with Crippen LogP contribution < -0.4 is 0 Å². The van der Waals surface area contributed by atoms with Gasteiger partial charge in [0.2, 0.25) is 0 Å². The van der Waals surface area contributed by atoms with Gasteiger partial charge in [-0.15, -0.1) is 0 Å². The summed E-state index contributed by atoms with van der Waals surface area (Å²) in [4.78, 5) is 0. The number of aryl methyl sites for hydroxylation is 2. The van der Waals surface area contributed by atoms with Crippen molar-refractivity contribution in [2.75, 3.05) is 0 Å². The van der Waals surface area contributed by atoms with E-state index < -0.39 is 0 Å². The molecule has 4 heteroatoms. The fourth-order valence-electron chi connectivity index (χ4n) is 2.34. The monoisotopic (exact) mass is 212 g/mol. The van der Waals surface area contributed by atoms with Gasteiger partial charge in [0.1, 0.15) is 0 Å². The molecule has 80 valence electrons. The van der Waals surface area contributed by atoms with Crippen LogP contribution >= 0.6 is 0 Å². The predicted molar refractivity (Wildman–Crippen MR) is 62.7 cm³/mol. The second-order valence-corrected chi connectivity index (χ2v) is 4.13. The highest BCUT2D eigenvalue weighted by Gasteiger charge is 2.28. The van der Waals surface area contributed by atoms with Crippen LogP contribution in [-0.2, 0) is 14.1 Å². The minimum absolute atomic E-state index is 0.508. The maximum atomic E-state index is 8.18. The van der Waals surface area contributed by atoms with Gasteiger partial charge in [-0.2, -0.15) is 0 Å². The molecular weight excluding hydrogens is 200 g/mol. The molecule has 3 rings (SSSR count). The summed E-state index contributed by atoms with van der Waals surface area (Å²) < 4.78 is 3.81. The molecule has 16 heavy (non-hydrogen) atoms. The molecule has 1 aliphatic carbocycles. The zero-order valence-electron chi connectivity index (χ0n) is 9.20. The van der Waals surface area contributed by atoms with Crippen LogP contribution in [0.25, 0.3) is 0 Å². The van der Waals surface area contributed by atoms with Gasteiger partial charge >= 0.3 is 0 Å². The van der Waals surface area contributed by atoms with Crippen molar-refractivity contribution in [1.82, 2.24) is 9.13 Å². The lowest BCUT2D eigenvalue weighted by molar-refractivity contribution is 0.897. The van der Waals surface area contributed by atoms with Gasteiger partial charge < -0.3 is 9.13 Å². The van der Waals surface area contributed by atoms with Gasteiger partial charge in [-0.1, -0.05) is 0 Å². The molecule has 0 fully saturated rings. The van der Waals surface area contributed by atoms with E-state index in [1.165, 1.54) is 0 Å². The molecule has 2 N–H and O–H groups in total. The third-order valence-electron chi connectivity index (χ3n) is 3.16. The van der Waals surface area contributed by atoms with E-state index in [1.54, 1.807) is 0 Å². The van der Waals surface area contributed by atoms with E-state index in [1.807, 2.05) is 47.8 Å². The Hall–Kier alpha value is -2.10. The van der Waals surface area contributed by atoms with Crippen LogP contribution in [0, 0.1) is 10.8 Å². The van der Waals surface area contributed by atoms with Gasteiger partial charge in [-0.3, -0.25) is 10.8 Å². The first-order valence-corrected chi connectivity index (χ1v) is 5.10. The Morgan fingerprint density at radius 2 is 1.19 bits per heavy atom. The smallest absolute Gasteiger partial charge is 0.0878 e. The van der Waals surface area contributed by atoms with Gasteiger partial charge in [0, 0.05) is 37.6 Å². The van der Waals surface area contributed by atoms with Crippen LogP contribution in [0.3, 0.4) is 0 Å². The molecule has 2 heterocycles. The normalized spacial score (nSPS) is 13.9. The average molecular weight is 212 g/mol. The largest absolute Gasteiger partial charge is 0.349 e. The Morgan fingerprint density at radius 1 is 0.812 bits per heavy atom. The second kappa shape index (κ2) is 2.72. The molecule has 0 atom stereocenters. The molecule has 0 bridgehead atoms. The van der Waals surface area contributed by atoms with E-state index in [0.29, 0.717) is 11.4 Å². The summed E-state index contributed by atoms with van der Waals surface area (Å²) in [6.45, 7) is 0. The summed E-state index contributed by atoms with van der Waals surface area (Å²) in [6, 6.07) is 3.81. The Kier molecular flexibility index (Phi) is 1.56. The van der Waals surface area contributed by atoms with Gasteiger partial charge in [-0.05, 0) is 12.1 Å². The van der Waals surface area contributed by atoms with Gasteiger partial charge in [0.05, 0.1) is 22.8 Å². The predicted octanol–water partition coefficient (Wildman–Crippen LogP) is 1.51. The van der Waals surface area contributed by atoms with Crippen LogP contribution in [0.2, 0.25) is 0 Å². The highest BCUT2D eigenvalue weighted by Crippen LogP contribution is 2.27. The number of fused-ring (bicyclic) bond motifs is 2. The summed E-state index contributed by atoms with van der Waals surface area (Å²) in [5, 5.41) is 16.4. The van der Waals surface area contributed by atoms with E-state index in [4.69, 9.17) is 10.8 Å². The molecule has 0 spiro atoms. The Bertz CT molecular complexity index is 571. The Labute approximate surface area is 93.2 Å². The lowest BCUT2D eigenvalue weighted by Crippen LogP contribution is -2.23. The first-order chi connectivity index (χ1) is 7.61. The van der Waals surface area contributed by atoms with Gasteiger partial charge in [-0.25, -0.2) is 0 Å². The van der Waals surface area contributed by atoms with Crippen LogP contribution in [-0.4, -0.2) is 20.6 Å². The van der Waals surface area contributed by atoms with Gasteiger partial charge in [0.15, 0.2) is 0 Å². The molecule has 4 nitrogen and oxygen atoms in total. The third kappa shape index (κ3) is 0.888. The zero-order chi connectivity index (χ0) is 11.4. The van der Waals surface area contributed by atoms with E-state index in [-0.39, 0.29) is 0 Å². The van der Waals surface area contributed by atoms with Crippen molar-refractivity contribution in [2.45, 2.75) is 0 Å². The summed E-state index contributed by atoms with van der Waals surface area (Å²) in [7, 11) is 3.82. The van der Waals surface area contributed by atoms with Crippen LogP contribution in [0.4, 0.5) is 0 Å². The minimum atomic E-state index is 0.508. The van der Waals surface area contributed by atoms with Crippen LogP contribution in [0.1, 0.15) is 22.5 Å². The minimum Gasteiger partial charge on any atom is -0.349 e. The standard InChI is InChI=1S/C12H12N4/c1-15-5-3-7-10(14)12-8(4-6-16(12)2)9(13)11(7)15/h3-6,13-14H,1-2H3. The van der Waals surface area contributed by atoms with E-state index in [9.17, 15) is 0 Å². The van der Waals surface area contributed by atoms with Crippen molar-refractivity contribution in [3.05, 3.63) is 47.0 Å². The number of hydrogen-bond donors (Lipinski definition) is 2. The van der Waals surface area contributed by atoms with E-state index in [2.05, 4.69) is 0 Å². The topological polar surface area (TPSA) is 57.6 Å². The van der Waals surface area contributed by atoms with Crippen molar-refractivity contribution < 1.29 is 0 Å². The first kappa shape index (κ1) is 9.15. The lowest BCUT2D eigenvalue weighted by atomic mass is 9.92. The lowest BCUT2D eigenvalue weighted by Gasteiger charge is -2.18. The molecule has 0 saturated carbocycles. The van der Waals surface area contributed by atoms with Crippen molar-refractivity contribution in [3.63, 3.8) is 0 Å². The fraction of sp³-hybridized carbons (Fsp3) is 0.167. The maximum Gasteiger partial charge on any atom is 0.0878 e. The molecular formula is C12H12N4. The van der Waals surface area contributed by atoms with Crippen molar-refractivity contribution >= 4 is 11.4 Å². The van der Waals surface area contributed by atoms with Crippen LogP contribution in [0.15, 0.2) is 24.5 Å². The second-order valence-electron chi connectivity index (χ2n) is 4.13. The number of rotatable bonds is 0. The zero-order valence-corrected chi connectivity index (χ0v) is 9.20. The molecule has 2 aromatic heterocycles. The summed E-state index contributed by atoms with van der Waals surface area (Å²) in [6.07, 6.45) is 3.80. The molecule has 0 aromatic carbocycles. The molecule has 2 aromatic rings. The highest BCUT2D eigenvalue weighted by atomic mass is 15.0. The molecule has 0 unspecified atom stereocenters. The number of aromatic nitrogens is 2. The van der Waals surface area contributed by atoms with Crippen molar-refractivity contribution in [1.29, 1.82) is 10.8 Å². The SMILES string of the molecule is Cn1ccc2c1C(=N)c1ccn(C)c1C2=N. The molecule has 0 amide bonds. The van der Waals surface area contributed by atoms with Gasteiger partial charge in [0.25, 0.3) is 0 Å². The highest BCUT2D eigenvalue weighted by molar-refractivity contribution is 6.29. The first-order valence-electron chi connectivity index (χ1n) is 5.10. The molecule has 0 saturated heterocycles. The number of hydrogen-bond acceptors (Lipinski definition) is 2. The number of nitrogens with one attached hydrogen (secondary N) is 2. The average Bonchev–Trinajstić information content (AvgIpc) is 2.80. The quantitative estimate of drug-likeness (QED) is 0.567. The van der Waals surface area contributed by atoms with E-state index >= 15 is 0 Å². The molecule has 0 radical (unpaired) electrons. The fourth-order valence-corrected chi connectivity index (χ4v) is 2.34. The third-order valence-corrected chi connectivity index (χ3v) is 3.16. The molecule has 1 aliphatic rings. The summed E-state index contributed by atoms with van der Waals surface area (Å²) in [5.74, 6) is 0. The van der Waals surface area contributed by atoms with Crippen LogP contribution in [0.5, 0.6) is 0 Å².